The van der Waals surface area contributed by atoms with Crippen LogP contribution >= 0.6 is 11.6 Å². The number of amides is 1. The van der Waals surface area contributed by atoms with Crippen molar-refractivity contribution in [1.29, 1.82) is 0 Å². The molecule has 0 atom stereocenters. The predicted octanol–water partition coefficient (Wildman–Crippen LogP) is 6.77. The number of piperidine rings is 1. The summed E-state index contributed by atoms with van der Waals surface area (Å²) < 4.78 is 5.53. The van der Waals surface area contributed by atoms with Gasteiger partial charge >= 0.3 is 0 Å². The number of hydrogen-bond acceptors (Lipinski definition) is 6. The maximum atomic E-state index is 13.2. The number of halogens is 1. The minimum absolute atomic E-state index is 0.0840. The average Bonchev–Trinajstić information content (AvgIpc) is 3.42. The lowest BCUT2D eigenvalue weighted by Crippen LogP contribution is -2.38. The average molecular weight is 557 g/mol. The molecule has 2 heterocycles. The van der Waals surface area contributed by atoms with Gasteiger partial charge in [-0.1, -0.05) is 92.1 Å². The van der Waals surface area contributed by atoms with Crippen molar-refractivity contribution in [1.82, 2.24) is 15.0 Å². The molecular formula is C32H33ClN4O3. The SMILES string of the molecule is CC(C)(C)c1ccc(-c2noc(CN3CCC(C(=O)Nc4ccc(Cl)cc4C(=O)c4ccccc4)CC3)n2)cc1. The van der Waals surface area contributed by atoms with Gasteiger partial charge in [0.25, 0.3) is 0 Å². The molecule has 1 aromatic heterocycles. The number of nitrogens with zero attached hydrogens (tertiary/aromatic N) is 3. The second-order valence-corrected chi connectivity index (χ2v) is 11.7. The van der Waals surface area contributed by atoms with Crippen LogP contribution < -0.4 is 5.32 Å². The van der Waals surface area contributed by atoms with Crippen molar-refractivity contribution >= 4 is 29.0 Å². The molecule has 1 fully saturated rings. The van der Waals surface area contributed by atoms with Gasteiger partial charge in [0.1, 0.15) is 0 Å². The van der Waals surface area contributed by atoms with E-state index >= 15 is 0 Å². The molecule has 0 bridgehead atoms. The smallest absolute Gasteiger partial charge is 0.241 e. The molecular weight excluding hydrogens is 524 g/mol. The topological polar surface area (TPSA) is 88.3 Å². The molecule has 4 aromatic rings. The van der Waals surface area contributed by atoms with Crippen molar-refractivity contribution in [3.8, 4) is 11.4 Å². The number of ketones is 1. The number of rotatable bonds is 7. The molecule has 1 saturated heterocycles. The highest BCUT2D eigenvalue weighted by Crippen LogP contribution is 2.28. The number of hydrogen-bond donors (Lipinski definition) is 1. The van der Waals surface area contributed by atoms with Crippen molar-refractivity contribution in [3.63, 3.8) is 0 Å². The zero-order valence-electron chi connectivity index (χ0n) is 23.0. The van der Waals surface area contributed by atoms with Crippen LogP contribution in [0.3, 0.4) is 0 Å². The Morgan fingerprint density at radius 2 is 1.70 bits per heavy atom. The number of carbonyl (C=O) groups excluding carboxylic acids is 2. The molecule has 0 spiro atoms. The van der Waals surface area contributed by atoms with E-state index < -0.39 is 0 Å². The van der Waals surface area contributed by atoms with Gasteiger partial charge in [0.2, 0.25) is 17.6 Å². The van der Waals surface area contributed by atoms with Crippen LogP contribution in [-0.2, 0) is 16.8 Å². The summed E-state index contributed by atoms with van der Waals surface area (Å²) in [5, 5.41) is 7.59. The fourth-order valence-electron chi connectivity index (χ4n) is 4.89. The third-order valence-electron chi connectivity index (χ3n) is 7.31. The van der Waals surface area contributed by atoms with Crippen molar-refractivity contribution in [2.75, 3.05) is 18.4 Å². The Hall–Kier alpha value is -3.81. The first-order valence-electron chi connectivity index (χ1n) is 13.5. The van der Waals surface area contributed by atoms with Crippen LogP contribution in [0.1, 0.15) is 61.0 Å². The summed E-state index contributed by atoms with van der Waals surface area (Å²) in [6.07, 6.45) is 1.38. The Balaban J connectivity index is 1.17. The van der Waals surface area contributed by atoms with Crippen LogP contribution in [0, 0.1) is 5.92 Å². The van der Waals surface area contributed by atoms with E-state index in [1.807, 2.05) is 30.3 Å². The molecule has 1 aliphatic heterocycles. The quantitative estimate of drug-likeness (QED) is 0.253. The number of anilines is 1. The molecule has 1 aliphatic rings. The lowest BCUT2D eigenvalue weighted by molar-refractivity contribution is -0.121. The molecule has 1 amide bonds. The fraction of sp³-hybridized carbons (Fsp3) is 0.312. The van der Waals surface area contributed by atoms with Crippen LogP contribution in [0.15, 0.2) is 77.3 Å². The van der Waals surface area contributed by atoms with Crippen molar-refractivity contribution in [2.24, 2.45) is 5.92 Å². The van der Waals surface area contributed by atoms with E-state index in [0.29, 0.717) is 52.9 Å². The Bertz CT molecular complexity index is 1480. The van der Waals surface area contributed by atoms with Gasteiger partial charge in [0.15, 0.2) is 5.78 Å². The van der Waals surface area contributed by atoms with Gasteiger partial charge in [-0.3, -0.25) is 14.5 Å². The monoisotopic (exact) mass is 556 g/mol. The van der Waals surface area contributed by atoms with E-state index in [-0.39, 0.29) is 23.0 Å². The third-order valence-corrected chi connectivity index (χ3v) is 7.55. The van der Waals surface area contributed by atoms with Crippen molar-refractivity contribution in [3.05, 3.63) is 100 Å². The van der Waals surface area contributed by atoms with Crippen LogP contribution in [0.5, 0.6) is 0 Å². The van der Waals surface area contributed by atoms with E-state index in [1.54, 1.807) is 30.3 Å². The Morgan fingerprint density at radius 1 is 1.00 bits per heavy atom. The van der Waals surface area contributed by atoms with Gasteiger partial charge in [-0.05, 0) is 55.1 Å². The van der Waals surface area contributed by atoms with Crippen molar-refractivity contribution in [2.45, 2.75) is 45.6 Å². The van der Waals surface area contributed by atoms with E-state index in [4.69, 9.17) is 16.1 Å². The molecule has 0 unspecified atom stereocenters. The Morgan fingerprint density at radius 3 is 2.38 bits per heavy atom. The molecule has 1 N–H and O–H groups in total. The number of aromatic nitrogens is 2. The number of nitrogens with one attached hydrogen (secondary N) is 1. The predicted molar refractivity (Wildman–Crippen MR) is 156 cm³/mol. The van der Waals surface area contributed by atoms with Gasteiger partial charge < -0.3 is 9.84 Å². The first-order chi connectivity index (χ1) is 19.2. The number of benzene rings is 3. The summed E-state index contributed by atoms with van der Waals surface area (Å²) in [6, 6.07) is 22.2. The van der Waals surface area contributed by atoms with E-state index in [2.05, 4.69) is 53.3 Å². The Labute approximate surface area is 239 Å². The summed E-state index contributed by atoms with van der Waals surface area (Å²) in [5.41, 5.74) is 3.65. The zero-order chi connectivity index (χ0) is 28.3. The highest BCUT2D eigenvalue weighted by molar-refractivity contribution is 6.31. The zero-order valence-corrected chi connectivity index (χ0v) is 23.7. The molecule has 7 nitrogen and oxygen atoms in total. The first-order valence-corrected chi connectivity index (χ1v) is 13.9. The lowest BCUT2D eigenvalue weighted by Gasteiger charge is -2.30. The maximum Gasteiger partial charge on any atom is 0.241 e. The van der Waals surface area contributed by atoms with Gasteiger partial charge in [-0.15, -0.1) is 0 Å². The highest BCUT2D eigenvalue weighted by Gasteiger charge is 2.27. The maximum absolute atomic E-state index is 13.2. The molecule has 5 rings (SSSR count). The van der Waals surface area contributed by atoms with Gasteiger partial charge in [0.05, 0.1) is 12.2 Å². The standard InChI is InChI=1S/C32H33ClN4O3/c1-32(2,3)24-11-9-22(10-12-24)30-35-28(40-36-30)20-37-17-15-23(16-18-37)31(39)34-27-14-13-25(33)19-26(27)29(38)21-7-5-4-6-8-21/h4-14,19,23H,15-18,20H2,1-3H3,(H,34,39). The highest BCUT2D eigenvalue weighted by atomic mass is 35.5. The summed E-state index contributed by atoms with van der Waals surface area (Å²) in [5.74, 6) is 0.697. The summed E-state index contributed by atoms with van der Waals surface area (Å²) in [6.45, 7) is 8.54. The van der Waals surface area contributed by atoms with Crippen LogP contribution in [0.25, 0.3) is 11.4 Å². The molecule has 3 aromatic carbocycles. The van der Waals surface area contributed by atoms with Crippen LogP contribution in [0.4, 0.5) is 5.69 Å². The van der Waals surface area contributed by atoms with Crippen LogP contribution in [-0.4, -0.2) is 39.8 Å². The van der Waals surface area contributed by atoms with Crippen molar-refractivity contribution < 1.29 is 14.1 Å². The lowest BCUT2D eigenvalue weighted by atomic mass is 9.87. The molecule has 0 radical (unpaired) electrons. The van der Waals surface area contributed by atoms with E-state index in [9.17, 15) is 9.59 Å². The number of likely N-dealkylation sites (tertiary alicyclic amines) is 1. The van der Waals surface area contributed by atoms with E-state index in [1.165, 1.54) is 5.56 Å². The van der Waals surface area contributed by atoms with Gasteiger partial charge in [0, 0.05) is 27.6 Å². The molecule has 8 heteroatoms. The van der Waals surface area contributed by atoms with Gasteiger partial charge in [-0.25, -0.2) is 0 Å². The molecule has 0 saturated carbocycles. The fourth-order valence-corrected chi connectivity index (χ4v) is 5.07. The normalized spacial score (nSPS) is 14.7. The summed E-state index contributed by atoms with van der Waals surface area (Å²) in [7, 11) is 0. The second kappa shape index (κ2) is 11.7. The Kier molecular flexibility index (Phi) is 8.14. The third kappa shape index (κ3) is 6.49. The largest absolute Gasteiger partial charge is 0.338 e. The molecule has 0 aliphatic carbocycles. The molecule has 40 heavy (non-hydrogen) atoms. The van der Waals surface area contributed by atoms with E-state index in [0.717, 1.165) is 18.7 Å². The first kappa shape index (κ1) is 27.7. The molecule has 206 valence electrons. The summed E-state index contributed by atoms with van der Waals surface area (Å²) in [4.78, 5) is 33.1. The second-order valence-electron chi connectivity index (χ2n) is 11.3. The van der Waals surface area contributed by atoms with Gasteiger partial charge in [-0.2, -0.15) is 4.98 Å². The number of carbonyl (C=O) groups is 2. The minimum Gasteiger partial charge on any atom is -0.338 e. The minimum atomic E-state index is -0.183. The summed E-state index contributed by atoms with van der Waals surface area (Å²) >= 11 is 6.19. The van der Waals surface area contributed by atoms with Crippen LogP contribution in [0.2, 0.25) is 5.02 Å².